The Morgan fingerprint density at radius 3 is 2.79 bits per heavy atom. The van der Waals surface area contributed by atoms with Crippen LogP contribution in [0.5, 0.6) is 0 Å². The Kier molecular flexibility index (Phi) is 4.88. The van der Waals surface area contributed by atoms with Crippen molar-refractivity contribution in [2.75, 3.05) is 20.3 Å². The summed E-state index contributed by atoms with van der Waals surface area (Å²) in [5.74, 6) is 0.173. The Balaban J connectivity index is 2.18. The zero-order chi connectivity index (χ0) is 14.0. The summed E-state index contributed by atoms with van der Waals surface area (Å²) in [6.07, 6.45) is 1.55. The summed E-state index contributed by atoms with van der Waals surface area (Å²) in [6.45, 7) is 0.577. The first kappa shape index (κ1) is 14.8. The molecular formula is C11H9Br2NO4S. The molecule has 0 spiro atoms. The summed E-state index contributed by atoms with van der Waals surface area (Å²) < 4.78 is 11.5. The molecule has 1 saturated heterocycles. The van der Waals surface area contributed by atoms with Crippen LogP contribution in [0.15, 0.2) is 24.5 Å². The van der Waals surface area contributed by atoms with E-state index in [2.05, 4.69) is 31.9 Å². The number of hydrogen-bond donors (Lipinski definition) is 0. The molecule has 5 nitrogen and oxygen atoms in total. The van der Waals surface area contributed by atoms with Gasteiger partial charge in [-0.05, 0) is 49.7 Å². The van der Waals surface area contributed by atoms with Gasteiger partial charge in [-0.3, -0.25) is 14.5 Å². The molecule has 0 atom stereocenters. The van der Waals surface area contributed by atoms with Crippen LogP contribution in [0.1, 0.15) is 5.76 Å². The predicted molar refractivity (Wildman–Crippen MR) is 78.7 cm³/mol. The van der Waals surface area contributed by atoms with E-state index < -0.39 is 0 Å². The van der Waals surface area contributed by atoms with E-state index in [0.717, 1.165) is 21.1 Å². The van der Waals surface area contributed by atoms with E-state index in [9.17, 15) is 9.59 Å². The first-order valence-corrected chi connectivity index (χ1v) is 7.62. The average Bonchev–Trinajstić information content (AvgIpc) is 2.80. The molecule has 0 aromatic carbocycles. The van der Waals surface area contributed by atoms with E-state index in [1.54, 1.807) is 12.1 Å². The van der Waals surface area contributed by atoms with Crippen LogP contribution in [0.3, 0.4) is 0 Å². The molecule has 1 aliphatic heterocycles. The number of hydrogen-bond acceptors (Lipinski definition) is 5. The van der Waals surface area contributed by atoms with Crippen molar-refractivity contribution in [3.8, 4) is 0 Å². The SMILES string of the molecule is COCCN1C(=O)S/C(=C/c2cc(Br)c(Br)o2)C1=O. The maximum absolute atomic E-state index is 12.0. The summed E-state index contributed by atoms with van der Waals surface area (Å²) >= 11 is 7.39. The molecule has 0 aliphatic carbocycles. The molecule has 8 heteroatoms. The van der Waals surface area contributed by atoms with Gasteiger partial charge in [0.1, 0.15) is 5.76 Å². The molecule has 1 fully saturated rings. The van der Waals surface area contributed by atoms with Gasteiger partial charge in [0.25, 0.3) is 11.1 Å². The zero-order valence-corrected chi connectivity index (χ0v) is 13.8. The number of furan rings is 1. The highest BCUT2D eigenvalue weighted by Crippen LogP contribution is 2.34. The minimum absolute atomic E-state index is 0.254. The summed E-state index contributed by atoms with van der Waals surface area (Å²) in [7, 11) is 1.52. The highest BCUT2D eigenvalue weighted by Gasteiger charge is 2.34. The van der Waals surface area contributed by atoms with Crippen molar-refractivity contribution in [1.29, 1.82) is 0 Å². The van der Waals surface area contributed by atoms with Gasteiger partial charge in [0.2, 0.25) is 0 Å². The second kappa shape index (κ2) is 6.25. The molecule has 1 aromatic heterocycles. The Bertz CT molecular complexity index is 535. The molecule has 1 aliphatic rings. The number of thioether (sulfide) groups is 1. The van der Waals surface area contributed by atoms with Crippen molar-refractivity contribution in [1.82, 2.24) is 4.90 Å². The number of ether oxygens (including phenoxy) is 1. The molecule has 102 valence electrons. The van der Waals surface area contributed by atoms with Gasteiger partial charge >= 0.3 is 0 Å². The van der Waals surface area contributed by atoms with Crippen LogP contribution in [-0.2, 0) is 9.53 Å². The summed E-state index contributed by atoms with van der Waals surface area (Å²) in [5.41, 5.74) is 0. The van der Waals surface area contributed by atoms with Crippen molar-refractivity contribution in [3.05, 3.63) is 25.9 Å². The van der Waals surface area contributed by atoms with E-state index in [1.807, 2.05) is 0 Å². The first-order chi connectivity index (χ1) is 9.02. The fraction of sp³-hybridized carbons (Fsp3) is 0.273. The molecule has 19 heavy (non-hydrogen) atoms. The number of nitrogens with zero attached hydrogens (tertiary/aromatic N) is 1. The van der Waals surface area contributed by atoms with Crippen LogP contribution >= 0.6 is 43.6 Å². The third-order valence-electron chi connectivity index (χ3n) is 2.33. The summed E-state index contributed by atoms with van der Waals surface area (Å²) in [4.78, 5) is 25.2. The molecule has 2 rings (SSSR count). The normalized spacial score (nSPS) is 17.8. The molecule has 0 N–H and O–H groups in total. The highest BCUT2D eigenvalue weighted by molar-refractivity contribution is 9.13. The fourth-order valence-corrected chi connectivity index (χ4v) is 2.89. The van der Waals surface area contributed by atoms with Crippen molar-refractivity contribution < 1.29 is 18.7 Å². The number of methoxy groups -OCH3 is 1. The second-order valence-electron chi connectivity index (χ2n) is 3.60. The van der Waals surface area contributed by atoms with Gasteiger partial charge in [-0.1, -0.05) is 0 Å². The van der Waals surface area contributed by atoms with Crippen LogP contribution in [0.2, 0.25) is 0 Å². The van der Waals surface area contributed by atoms with Gasteiger partial charge in [0, 0.05) is 13.2 Å². The molecule has 2 amide bonds. The average molecular weight is 411 g/mol. The standard InChI is InChI=1S/C11H9Br2NO4S/c1-17-3-2-14-10(15)8(19-11(14)16)5-6-4-7(12)9(13)18-6/h4-5H,2-3H2,1H3/b8-5+. The van der Waals surface area contributed by atoms with Crippen LogP contribution in [0.4, 0.5) is 4.79 Å². The number of amides is 2. The highest BCUT2D eigenvalue weighted by atomic mass is 79.9. The predicted octanol–water partition coefficient (Wildman–Crippen LogP) is 3.49. The third kappa shape index (κ3) is 3.31. The molecule has 0 bridgehead atoms. The van der Waals surface area contributed by atoms with Crippen molar-refractivity contribution in [2.45, 2.75) is 0 Å². The lowest BCUT2D eigenvalue weighted by Crippen LogP contribution is -2.31. The van der Waals surface area contributed by atoms with E-state index in [0.29, 0.717) is 21.9 Å². The van der Waals surface area contributed by atoms with Crippen LogP contribution in [-0.4, -0.2) is 36.3 Å². The lowest BCUT2D eigenvalue weighted by molar-refractivity contribution is -0.123. The van der Waals surface area contributed by atoms with E-state index in [1.165, 1.54) is 7.11 Å². The molecule has 1 aromatic rings. The molecule has 0 saturated carbocycles. The van der Waals surface area contributed by atoms with Crippen LogP contribution in [0, 0.1) is 0 Å². The monoisotopic (exact) mass is 409 g/mol. The van der Waals surface area contributed by atoms with E-state index >= 15 is 0 Å². The van der Waals surface area contributed by atoms with E-state index in [4.69, 9.17) is 9.15 Å². The van der Waals surface area contributed by atoms with Gasteiger partial charge in [-0.15, -0.1) is 0 Å². The van der Waals surface area contributed by atoms with Crippen molar-refractivity contribution in [2.24, 2.45) is 0 Å². The second-order valence-corrected chi connectivity index (χ2v) is 6.16. The number of imide groups is 1. The zero-order valence-electron chi connectivity index (χ0n) is 9.81. The van der Waals surface area contributed by atoms with Crippen LogP contribution < -0.4 is 0 Å². The smallest absolute Gasteiger partial charge is 0.293 e. The number of halogens is 2. The van der Waals surface area contributed by atoms with Crippen LogP contribution in [0.25, 0.3) is 6.08 Å². The van der Waals surface area contributed by atoms with Crippen molar-refractivity contribution >= 4 is 60.8 Å². The number of carbonyl (C=O) groups is 2. The van der Waals surface area contributed by atoms with Gasteiger partial charge < -0.3 is 9.15 Å². The third-order valence-corrected chi connectivity index (χ3v) is 4.95. The number of rotatable bonds is 4. The van der Waals surface area contributed by atoms with Gasteiger partial charge in [-0.25, -0.2) is 0 Å². The lowest BCUT2D eigenvalue weighted by Gasteiger charge is -2.10. The largest absolute Gasteiger partial charge is 0.449 e. The summed E-state index contributed by atoms with van der Waals surface area (Å²) in [6, 6.07) is 1.72. The van der Waals surface area contributed by atoms with Gasteiger partial charge in [-0.2, -0.15) is 0 Å². The maximum Gasteiger partial charge on any atom is 0.293 e. The molecular weight excluding hydrogens is 402 g/mol. The molecule has 0 radical (unpaired) electrons. The molecule has 2 heterocycles. The topological polar surface area (TPSA) is 59.8 Å². The lowest BCUT2D eigenvalue weighted by atomic mass is 10.3. The Morgan fingerprint density at radius 2 is 2.21 bits per heavy atom. The van der Waals surface area contributed by atoms with E-state index in [-0.39, 0.29) is 17.7 Å². The summed E-state index contributed by atoms with van der Waals surface area (Å²) in [5, 5.41) is -0.294. The fourth-order valence-electron chi connectivity index (χ4n) is 1.44. The quantitative estimate of drug-likeness (QED) is 0.711. The minimum atomic E-state index is -0.323. The molecule has 0 unspecified atom stereocenters. The maximum atomic E-state index is 12.0. The Hall–Kier alpha value is -0.570. The van der Waals surface area contributed by atoms with Crippen molar-refractivity contribution in [3.63, 3.8) is 0 Å². The first-order valence-electron chi connectivity index (χ1n) is 5.22. The minimum Gasteiger partial charge on any atom is -0.449 e. The Labute approximate surface area is 130 Å². The number of carbonyl (C=O) groups excluding carboxylic acids is 2. The van der Waals surface area contributed by atoms with Gasteiger partial charge in [0.15, 0.2) is 4.67 Å². The Morgan fingerprint density at radius 1 is 1.47 bits per heavy atom. The van der Waals surface area contributed by atoms with Gasteiger partial charge in [0.05, 0.1) is 22.5 Å².